The summed E-state index contributed by atoms with van der Waals surface area (Å²) >= 11 is 0. The van der Waals surface area contributed by atoms with E-state index in [0.29, 0.717) is 6.42 Å². The van der Waals surface area contributed by atoms with Crippen LogP contribution in [-0.2, 0) is 27.4 Å². The number of carbonyl (C=O) groups excluding carboxylic acids is 1. The van der Waals surface area contributed by atoms with Crippen LogP contribution in [0.2, 0.25) is 0 Å². The number of amides is 1. The molecule has 1 fully saturated rings. The van der Waals surface area contributed by atoms with Crippen LogP contribution < -0.4 is 20.7 Å². The maximum atomic E-state index is 13.3. The first-order valence-corrected chi connectivity index (χ1v) is 23.5. The molecule has 1 amide bonds. The smallest absolute Gasteiger partial charge is 0.414 e. The number of aliphatic hydroxyl groups excluding tert-OH is 2. The van der Waals surface area contributed by atoms with Gasteiger partial charge in [-0.05, 0) is 18.9 Å². The Hall–Kier alpha value is -3.62. The summed E-state index contributed by atoms with van der Waals surface area (Å²) in [6, 6.07) is 5.92. The summed E-state index contributed by atoms with van der Waals surface area (Å²) in [4.78, 5) is 79.1. The van der Waals surface area contributed by atoms with Gasteiger partial charge in [-0.2, -0.15) is 4.98 Å². The van der Waals surface area contributed by atoms with E-state index in [1.54, 1.807) is 6.07 Å². The fraction of sp³-hybridized carbons (Fsp3) is 0.676. The van der Waals surface area contributed by atoms with Gasteiger partial charge >= 0.3 is 6.09 Å². The highest BCUT2D eigenvalue weighted by Crippen LogP contribution is 2.52. The Kier molecular flexibility index (Phi) is 19.7. The van der Waals surface area contributed by atoms with E-state index >= 15 is 0 Å². The third kappa shape index (κ3) is 15.7. The van der Waals surface area contributed by atoms with Gasteiger partial charge in [0.15, 0.2) is 17.4 Å². The zero-order chi connectivity index (χ0) is 43.7. The molecule has 336 valence electrons. The second kappa shape index (κ2) is 24.1. The van der Waals surface area contributed by atoms with Crippen LogP contribution >= 0.6 is 15.6 Å². The number of benzene rings is 1. The van der Waals surface area contributed by atoms with Crippen molar-refractivity contribution < 1.29 is 62.0 Å². The third-order valence-electron chi connectivity index (χ3n) is 10.2. The molecule has 2 aromatic heterocycles. The van der Waals surface area contributed by atoms with Crippen LogP contribution in [0.1, 0.15) is 140 Å². The van der Waals surface area contributed by atoms with Gasteiger partial charge in [0.25, 0.3) is 26.9 Å². The molecule has 3 heterocycles. The molecule has 4 unspecified atom stereocenters. The average molecular weight is 887 g/mol. The first kappa shape index (κ1) is 49.0. The number of nitrogens with zero attached hydrogens (tertiary/aromatic N) is 4. The Labute approximate surface area is 347 Å². The quantitative estimate of drug-likeness (QED) is 0.0244. The largest absolute Gasteiger partial charge is 0.756 e. The van der Waals surface area contributed by atoms with Crippen LogP contribution in [0, 0.1) is 10.1 Å². The molecule has 23 heteroatoms. The molecular weight excluding hydrogens is 830 g/mol. The Morgan fingerprint density at radius 2 is 1.52 bits per heavy atom. The minimum atomic E-state index is -5.75. The molecule has 0 bridgehead atoms. The number of unbranched alkanes of at least 4 members (excludes halogenated alkanes) is 16. The molecule has 4 rings (SSSR count). The van der Waals surface area contributed by atoms with Crippen LogP contribution in [0.4, 0.5) is 16.4 Å². The zero-order valence-electron chi connectivity index (χ0n) is 33.6. The van der Waals surface area contributed by atoms with Crippen LogP contribution in [0.25, 0.3) is 11.2 Å². The average Bonchev–Trinajstić information content (AvgIpc) is 3.73. The van der Waals surface area contributed by atoms with E-state index < -0.39 is 75.4 Å². The number of carbonyl (C=O) groups is 1. The highest BCUT2D eigenvalue weighted by molar-refractivity contribution is 7.59. The first-order valence-electron chi connectivity index (χ1n) is 20.5. The van der Waals surface area contributed by atoms with E-state index in [9.17, 15) is 48.8 Å². The maximum Gasteiger partial charge on any atom is 0.414 e. The van der Waals surface area contributed by atoms with Crippen LogP contribution in [0.15, 0.2) is 35.4 Å². The van der Waals surface area contributed by atoms with Crippen LogP contribution in [-0.4, -0.2) is 70.6 Å². The molecule has 0 spiro atoms. The van der Waals surface area contributed by atoms with Crippen molar-refractivity contribution in [3.05, 3.63) is 56.6 Å². The number of phosphoric acid groups is 2. The van der Waals surface area contributed by atoms with E-state index in [0.717, 1.165) is 36.6 Å². The van der Waals surface area contributed by atoms with Crippen molar-refractivity contribution in [2.45, 2.75) is 153 Å². The number of aromatic nitrogens is 4. The number of fused-ring (bicyclic) bond motifs is 1. The van der Waals surface area contributed by atoms with Crippen molar-refractivity contribution in [2.24, 2.45) is 0 Å². The van der Waals surface area contributed by atoms with Gasteiger partial charge in [-0.1, -0.05) is 122 Å². The zero-order valence-corrected chi connectivity index (χ0v) is 35.4. The number of anilines is 1. The number of H-pyrrole nitrogens is 1. The van der Waals surface area contributed by atoms with Crippen LogP contribution in [0.3, 0.4) is 0 Å². The number of imidazole rings is 1. The number of nitro groups is 1. The van der Waals surface area contributed by atoms with Gasteiger partial charge in [-0.25, -0.2) is 14.1 Å². The number of hydrogen-bond donors (Lipinski definition) is 5. The Bertz CT molecular complexity index is 1980. The lowest BCUT2D eigenvalue weighted by Gasteiger charge is -2.28. The van der Waals surface area contributed by atoms with Crippen molar-refractivity contribution >= 4 is 44.5 Å². The number of aromatic amines is 1. The predicted octanol–water partition coefficient (Wildman–Crippen LogP) is 5.94. The lowest BCUT2D eigenvalue weighted by molar-refractivity contribution is -0.386. The van der Waals surface area contributed by atoms with Crippen molar-refractivity contribution in [1.29, 1.82) is 0 Å². The molecule has 5 N–H and O–H groups in total. The van der Waals surface area contributed by atoms with Gasteiger partial charge < -0.3 is 38.9 Å². The Balaban J connectivity index is 1.31. The number of hydrogen-bond acceptors (Lipinski definition) is 16. The maximum absolute atomic E-state index is 13.3. The van der Waals surface area contributed by atoms with E-state index in [1.807, 2.05) is 0 Å². The number of phosphoric ester groups is 1. The number of para-hydroxylation sites is 1. The summed E-state index contributed by atoms with van der Waals surface area (Å²) in [5.74, 6) is -0.443. The van der Waals surface area contributed by atoms with E-state index in [4.69, 9.17) is 14.4 Å². The SMILES string of the molecule is CCCCCCCCCCCCCCCCCCCC(OC(=O)Nc1nc2c(ncn2[C@@H]2O[C@H](COP(=O)([O-])OP(=O)([O-])O)[C@H](O)C2O)c(=O)[nH]1)c1ccccc1[N+](=O)[O-]. The molecule has 7 atom stereocenters. The van der Waals surface area contributed by atoms with E-state index in [1.165, 1.54) is 95.2 Å². The molecule has 1 saturated heterocycles. The minimum Gasteiger partial charge on any atom is -0.756 e. The standard InChI is InChI=1S/C37H58N6O15P2/c1-2-3-4-5-6-7-8-9-10-11-12-13-14-15-16-17-18-23-28(26-21-19-20-22-27(26)43(48)49)57-37(47)41-36-39-33-30(34(46)40-36)38-25-42(33)35-32(45)31(44)29(56-35)24-55-60(53,54)58-59(50,51)52/h19-22,25,28-29,31-32,35,44-45H,2-18,23-24H2,1H3,(H,53,54)(H2,50,51,52)(H2,39,40,41,46,47)/p-2/t28?,29-,31+,32?,35-/m1/s1. The second-order valence-corrected chi connectivity index (χ2v) is 17.6. The van der Waals surface area contributed by atoms with Gasteiger partial charge in [-0.3, -0.25) is 38.9 Å². The summed E-state index contributed by atoms with van der Waals surface area (Å²) in [7, 11) is -11.4. The summed E-state index contributed by atoms with van der Waals surface area (Å²) in [6.07, 6.45) is 12.5. The monoisotopic (exact) mass is 886 g/mol. The molecular formula is C37H56N6O15P2-2. The molecule has 3 aromatic rings. The normalized spacial score (nSPS) is 20.4. The number of aliphatic hydroxyl groups is 2. The summed E-state index contributed by atoms with van der Waals surface area (Å²) < 4.78 is 42.6. The van der Waals surface area contributed by atoms with Crippen molar-refractivity contribution in [3.63, 3.8) is 0 Å². The molecule has 0 aliphatic carbocycles. The fourth-order valence-electron chi connectivity index (χ4n) is 7.10. The molecule has 0 saturated carbocycles. The highest BCUT2D eigenvalue weighted by atomic mass is 31.3. The van der Waals surface area contributed by atoms with E-state index in [2.05, 4.69) is 36.0 Å². The summed E-state index contributed by atoms with van der Waals surface area (Å²) in [6.45, 7) is 1.17. The highest BCUT2D eigenvalue weighted by Gasteiger charge is 2.45. The predicted molar refractivity (Wildman–Crippen MR) is 213 cm³/mol. The molecule has 60 heavy (non-hydrogen) atoms. The van der Waals surface area contributed by atoms with Crippen molar-refractivity contribution in [2.75, 3.05) is 11.9 Å². The molecule has 1 aliphatic rings. The Morgan fingerprint density at radius 1 is 0.950 bits per heavy atom. The molecule has 1 aliphatic heterocycles. The van der Waals surface area contributed by atoms with Gasteiger partial charge in [-0.15, -0.1) is 0 Å². The van der Waals surface area contributed by atoms with Gasteiger partial charge in [0.05, 0.1) is 23.4 Å². The summed E-state index contributed by atoms with van der Waals surface area (Å²) in [5.41, 5.74) is -1.45. The lowest BCUT2D eigenvalue weighted by Crippen LogP contribution is -2.34. The molecule has 0 radical (unpaired) electrons. The molecule has 1 aromatic carbocycles. The van der Waals surface area contributed by atoms with Crippen molar-refractivity contribution in [3.8, 4) is 0 Å². The lowest BCUT2D eigenvalue weighted by atomic mass is 10.00. The fourth-order valence-corrected chi connectivity index (χ4v) is 8.63. The Morgan fingerprint density at radius 3 is 2.08 bits per heavy atom. The number of nitrogens with one attached hydrogen (secondary N) is 2. The minimum absolute atomic E-state index is 0.187. The first-order chi connectivity index (χ1) is 28.6. The summed E-state index contributed by atoms with van der Waals surface area (Å²) in [5, 5.41) is 35.4. The van der Waals surface area contributed by atoms with Gasteiger partial charge in [0.2, 0.25) is 5.95 Å². The third-order valence-corrected chi connectivity index (χ3v) is 12.3. The topological polar surface area (TPSA) is 314 Å². The van der Waals surface area contributed by atoms with E-state index in [-0.39, 0.29) is 28.8 Å². The van der Waals surface area contributed by atoms with Gasteiger partial charge in [0, 0.05) is 6.07 Å². The number of ether oxygens (including phenoxy) is 2. The molecule has 21 nitrogen and oxygen atoms in total. The number of rotatable bonds is 28. The van der Waals surface area contributed by atoms with Crippen LogP contribution in [0.5, 0.6) is 0 Å². The van der Waals surface area contributed by atoms with Gasteiger partial charge in [0.1, 0.15) is 24.4 Å². The second-order valence-electron chi connectivity index (χ2n) is 14.9. The number of nitro benzene ring substituents is 1. The van der Waals surface area contributed by atoms with Crippen molar-refractivity contribution in [1.82, 2.24) is 19.5 Å².